The van der Waals surface area contributed by atoms with Gasteiger partial charge in [0.25, 0.3) is 0 Å². The molecule has 0 saturated carbocycles. The van der Waals surface area contributed by atoms with Crippen LogP contribution >= 0.6 is 0 Å². The maximum Gasteiger partial charge on any atom is 0.0766 e. The summed E-state index contributed by atoms with van der Waals surface area (Å²) < 4.78 is 1.90. The van der Waals surface area contributed by atoms with Crippen molar-refractivity contribution in [3.05, 3.63) is 48.3 Å². The van der Waals surface area contributed by atoms with Crippen molar-refractivity contribution >= 4 is 0 Å². The molecule has 0 radical (unpaired) electrons. The first kappa shape index (κ1) is 11.8. The molecule has 0 aliphatic carbocycles. The van der Waals surface area contributed by atoms with Crippen LogP contribution in [0.5, 0.6) is 0 Å². The third kappa shape index (κ3) is 3.41. The Morgan fingerprint density at radius 1 is 1.12 bits per heavy atom. The fourth-order valence-electron chi connectivity index (χ4n) is 1.61. The van der Waals surface area contributed by atoms with Gasteiger partial charge < -0.3 is 10.6 Å². The third-order valence-electron chi connectivity index (χ3n) is 2.52. The zero-order valence-corrected chi connectivity index (χ0v) is 10.1. The van der Waals surface area contributed by atoms with Gasteiger partial charge in [-0.25, -0.2) is 4.68 Å². The summed E-state index contributed by atoms with van der Waals surface area (Å²) >= 11 is 0. The van der Waals surface area contributed by atoms with Gasteiger partial charge in [0.2, 0.25) is 0 Å². The molecule has 2 aromatic rings. The van der Waals surface area contributed by atoms with Crippen LogP contribution in [0.1, 0.15) is 5.69 Å². The van der Waals surface area contributed by atoms with E-state index in [9.17, 15) is 0 Å². The third-order valence-corrected chi connectivity index (χ3v) is 2.52. The van der Waals surface area contributed by atoms with Crippen LogP contribution in [0.4, 0.5) is 0 Å². The predicted octanol–water partition coefficient (Wildman–Crippen LogP) is 1.18. The molecule has 0 saturated heterocycles. The van der Waals surface area contributed by atoms with E-state index in [1.165, 1.54) is 0 Å². The first-order valence-corrected chi connectivity index (χ1v) is 5.85. The topological polar surface area (TPSA) is 41.9 Å². The van der Waals surface area contributed by atoms with Crippen LogP contribution in [0.15, 0.2) is 42.6 Å². The Labute approximate surface area is 102 Å². The number of nitrogens with one attached hydrogen (secondary N) is 2. The molecule has 90 valence electrons. The monoisotopic (exact) mass is 230 g/mol. The highest BCUT2D eigenvalue weighted by atomic mass is 15.3. The van der Waals surface area contributed by atoms with Gasteiger partial charge in [0.05, 0.1) is 11.4 Å². The molecule has 4 heteroatoms. The standard InChI is InChI=1S/C13H18N4/c1-14-8-9-15-11-12-7-10-17(16-12)13-5-3-2-4-6-13/h2-7,10,14-15H,8-9,11H2,1H3. The van der Waals surface area contributed by atoms with E-state index in [4.69, 9.17) is 0 Å². The summed E-state index contributed by atoms with van der Waals surface area (Å²) in [6.07, 6.45) is 1.99. The maximum absolute atomic E-state index is 4.51. The molecule has 4 nitrogen and oxygen atoms in total. The predicted molar refractivity (Wildman–Crippen MR) is 69.2 cm³/mol. The molecule has 0 amide bonds. The molecular weight excluding hydrogens is 212 g/mol. The minimum atomic E-state index is 0.807. The van der Waals surface area contributed by atoms with Gasteiger partial charge in [0.15, 0.2) is 0 Å². The molecule has 17 heavy (non-hydrogen) atoms. The van der Waals surface area contributed by atoms with E-state index in [0.717, 1.165) is 31.0 Å². The van der Waals surface area contributed by atoms with E-state index in [2.05, 4.69) is 15.7 Å². The molecule has 0 spiro atoms. The van der Waals surface area contributed by atoms with Crippen molar-refractivity contribution in [3.8, 4) is 5.69 Å². The summed E-state index contributed by atoms with van der Waals surface area (Å²) in [5.41, 5.74) is 2.15. The highest BCUT2D eigenvalue weighted by molar-refractivity contribution is 5.30. The number of hydrogen-bond acceptors (Lipinski definition) is 3. The zero-order chi connectivity index (χ0) is 11.9. The number of rotatable bonds is 6. The normalized spacial score (nSPS) is 10.6. The van der Waals surface area contributed by atoms with Crippen molar-refractivity contribution in [2.45, 2.75) is 6.54 Å². The van der Waals surface area contributed by atoms with Gasteiger partial charge in [0, 0.05) is 25.8 Å². The van der Waals surface area contributed by atoms with E-state index in [1.807, 2.05) is 54.3 Å². The molecule has 1 aromatic heterocycles. The summed E-state index contributed by atoms with van der Waals surface area (Å²) in [6, 6.07) is 12.2. The van der Waals surface area contributed by atoms with Gasteiger partial charge in [-0.3, -0.25) is 0 Å². The first-order valence-electron chi connectivity index (χ1n) is 5.85. The minimum absolute atomic E-state index is 0.807. The van der Waals surface area contributed by atoms with Gasteiger partial charge in [-0.2, -0.15) is 5.10 Å². The lowest BCUT2D eigenvalue weighted by molar-refractivity contribution is 0.637. The summed E-state index contributed by atoms with van der Waals surface area (Å²) in [5, 5.41) is 10.9. The van der Waals surface area contributed by atoms with E-state index in [1.54, 1.807) is 0 Å². The SMILES string of the molecule is CNCCNCc1ccn(-c2ccccc2)n1. The average Bonchev–Trinajstić information content (AvgIpc) is 2.85. The summed E-state index contributed by atoms with van der Waals surface area (Å²) in [6.45, 7) is 2.73. The quantitative estimate of drug-likeness (QED) is 0.732. The molecule has 0 unspecified atom stereocenters. The minimum Gasteiger partial charge on any atom is -0.318 e. The second-order valence-corrected chi connectivity index (χ2v) is 3.87. The number of para-hydroxylation sites is 1. The van der Waals surface area contributed by atoms with Crippen LogP contribution in [0.2, 0.25) is 0 Å². The zero-order valence-electron chi connectivity index (χ0n) is 10.1. The summed E-state index contributed by atoms with van der Waals surface area (Å²) in [4.78, 5) is 0. The lowest BCUT2D eigenvalue weighted by atomic mass is 10.3. The lowest BCUT2D eigenvalue weighted by Gasteiger charge is -2.02. The number of nitrogens with zero attached hydrogens (tertiary/aromatic N) is 2. The van der Waals surface area contributed by atoms with Crippen LogP contribution in [0, 0.1) is 0 Å². The Bertz CT molecular complexity index is 436. The maximum atomic E-state index is 4.51. The Kier molecular flexibility index (Phi) is 4.30. The summed E-state index contributed by atoms with van der Waals surface area (Å²) in [7, 11) is 1.95. The first-order chi connectivity index (χ1) is 8.40. The van der Waals surface area contributed by atoms with Gasteiger partial charge in [0.1, 0.15) is 0 Å². The van der Waals surface area contributed by atoms with E-state index in [-0.39, 0.29) is 0 Å². The Balaban J connectivity index is 1.92. The summed E-state index contributed by atoms with van der Waals surface area (Å²) in [5.74, 6) is 0. The van der Waals surface area contributed by atoms with Crippen molar-refractivity contribution in [1.82, 2.24) is 20.4 Å². The van der Waals surface area contributed by atoms with Gasteiger partial charge in [-0.15, -0.1) is 0 Å². The van der Waals surface area contributed by atoms with Crippen molar-refractivity contribution in [3.63, 3.8) is 0 Å². The Morgan fingerprint density at radius 2 is 1.94 bits per heavy atom. The fraction of sp³-hybridized carbons (Fsp3) is 0.308. The van der Waals surface area contributed by atoms with E-state index in [0.29, 0.717) is 0 Å². The number of benzene rings is 1. The molecule has 1 heterocycles. The van der Waals surface area contributed by atoms with E-state index >= 15 is 0 Å². The van der Waals surface area contributed by atoms with E-state index < -0.39 is 0 Å². The van der Waals surface area contributed by atoms with Crippen LogP contribution in [0.25, 0.3) is 5.69 Å². The molecule has 2 N–H and O–H groups in total. The van der Waals surface area contributed by atoms with Crippen molar-refractivity contribution < 1.29 is 0 Å². The molecular formula is C13H18N4. The highest BCUT2D eigenvalue weighted by Gasteiger charge is 1.99. The van der Waals surface area contributed by atoms with Crippen molar-refractivity contribution in [2.24, 2.45) is 0 Å². The van der Waals surface area contributed by atoms with Gasteiger partial charge in [-0.05, 0) is 25.2 Å². The average molecular weight is 230 g/mol. The molecule has 0 aliphatic heterocycles. The highest BCUT2D eigenvalue weighted by Crippen LogP contribution is 2.06. The van der Waals surface area contributed by atoms with Crippen molar-refractivity contribution in [1.29, 1.82) is 0 Å². The lowest BCUT2D eigenvalue weighted by Crippen LogP contribution is -2.24. The van der Waals surface area contributed by atoms with Gasteiger partial charge >= 0.3 is 0 Å². The largest absolute Gasteiger partial charge is 0.318 e. The second kappa shape index (κ2) is 6.18. The second-order valence-electron chi connectivity index (χ2n) is 3.87. The van der Waals surface area contributed by atoms with Crippen LogP contribution < -0.4 is 10.6 Å². The molecule has 0 atom stereocenters. The Hall–Kier alpha value is -1.65. The van der Waals surface area contributed by atoms with Gasteiger partial charge in [-0.1, -0.05) is 18.2 Å². The number of hydrogen-bond donors (Lipinski definition) is 2. The number of aromatic nitrogens is 2. The van der Waals surface area contributed by atoms with Crippen LogP contribution in [-0.2, 0) is 6.54 Å². The number of likely N-dealkylation sites (N-methyl/N-ethyl adjacent to an activating group) is 1. The Morgan fingerprint density at radius 3 is 2.71 bits per heavy atom. The van der Waals surface area contributed by atoms with Crippen LogP contribution in [-0.4, -0.2) is 29.9 Å². The molecule has 1 aromatic carbocycles. The fourth-order valence-corrected chi connectivity index (χ4v) is 1.61. The molecule has 0 bridgehead atoms. The van der Waals surface area contributed by atoms with Crippen molar-refractivity contribution in [2.75, 3.05) is 20.1 Å². The smallest absolute Gasteiger partial charge is 0.0766 e. The molecule has 0 aliphatic rings. The molecule has 2 rings (SSSR count). The molecule has 0 fully saturated rings. The van der Waals surface area contributed by atoms with Crippen LogP contribution in [0.3, 0.4) is 0 Å².